The van der Waals surface area contributed by atoms with Crippen LogP contribution in [0.3, 0.4) is 0 Å². The molecule has 4 nitrogen and oxygen atoms in total. The van der Waals surface area contributed by atoms with Crippen molar-refractivity contribution < 1.29 is 22.3 Å². The van der Waals surface area contributed by atoms with Crippen molar-refractivity contribution in [3.63, 3.8) is 0 Å². The van der Waals surface area contributed by atoms with Crippen LogP contribution in [0.4, 0.5) is 23.4 Å². The zero-order valence-corrected chi connectivity index (χ0v) is 12.1. The van der Waals surface area contributed by atoms with E-state index in [9.17, 15) is 17.6 Å². The van der Waals surface area contributed by atoms with Crippen molar-refractivity contribution in [2.24, 2.45) is 0 Å². The molecule has 8 heteroatoms. The van der Waals surface area contributed by atoms with Crippen molar-refractivity contribution in [1.29, 1.82) is 0 Å². The second kappa shape index (κ2) is 6.31. The first-order valence-electron chi connectivity index (χ1n) is 6.91. The van der Waals surface area contributed by atoms with Crippen molar-refractivity contribution in [3.05, 3.63) is 60.2 Å². The van der Waals surface area contributed by atoms with E-state index in [1.807, 2.05) is 0 Å². The number of hydrogen-bond acceptors (Lipinski definition) is 4. The third-order valence-electron chi connectivity index (χ3n) is 3.26. The molecule has 1 aromatic heterocycles. The van der Waals surface area contributed by atoms with Crippen molar-refractivity contribution in [2.75, 3.05) is 5.32 Å². The molecule has 0 aliphatic carbocycles. The van der Waals surface area contributed by atoms with E-state index in [0.29, 0.717) is 5.52 Å². The molecular formula is C16H11F4N3O. The van der Waals surface area contributed by atoms with E-state index < -0.39 is 12.2 Å². The number of nitrogens with one attached hydrogen (secondary N) is 1. The van der Waals surface area contributed by atoms with Crippen LogP contribution in [0, 0.1) is 5.82 Å². The number of aromatic nitrogens is 2. The Morgan fingerprint density at radius 2 is 1.79 bits per heavy atom. The van der Waals surface area contributed by atoms with Crippen LogP contribution in [-0.4, -0.2) is 16.3 Å². The molecule has 24 heavy (non-hydrogen) atoms. The van der Waals surface area contributed by atoms with Gasteiger partial charge in [0.2, 0.25) is 0 Å². The van der Waals surface area contributed by atoms with Gasteiger partial charge in [0.15, 0.2) is 0 Å². The molecule has 0 spiro atoms. The lowest BCUT2D eigenvalue weighted by Gasteiger charge is -2.14. The van der Waals surface area contributed by atoms with E-state index in [4.69, 9.17) is 0 Å². The summed E-state index contributed by atoms with van der Waals surface area (Å²) >= 11 is 0. The number of benzene rings is 2. The second-order valence-electron chi connectivity index (χ2n) is 4.87. The Morgan fingerprint density at radius 1 is 1.00 bits per heavy atom. The van der Waals surface area contributed by atoms with Gasteiger partial charge in [-0.05, 0) is 18.2 Å². The van der Waals surface area contributed by atoms with Crippen molar-refractivity contribution in [3.8, 4) is 5.75 Å². The highest BCUT2D eigenvalue weighted by molar-refractivity contribution is 5.89. The predicted molar refractivity (Wildman–Crippen MR) is 79.9 cm³/mol. The zero-order chi connectivity index (χ0) is 17.2. The molecule has 0 aliphatic heterocycles. The summed E-state index contributed by atoms with van der Waals surface area (Å²) < 4.78 is 55.3. The molecule has 124 valence electrons. The van der Waals surface area contributed by atoms with Gasteiger partial charge in [0.25, 0.3) is 0 Å². The Kier molecular flexibility index (Phi) is 4.20. The number of ether oxygens (including phenoxy) is 1. The van der Waals surface area contributed by atoms with Gasteiger partial charge in [0, 0.05) is 12.1 Å². The average Bonchev–Trinajstić information content (AvgIpc) is 2.53. The van der Waals surface area contributed by atoms with Gasteiger partial charge in [-0.25, -0.2) is 14.4 Å². The van der Waals surface area contributed by atoms with Crippen molar-refractivity contribution in [2.45, 2.75) is 12.9 Å². The molecule has 0 bridgehead atoms. The van der Waals surface area contributed by atoms with Gasteiger partial charge >= 0.3 is 6.36 Å². The van der Waals surface area contributed by atoms with Crippen LogP contribution in [0.25, 0.3) is 10.9 Å². The first-order chi connectivity index (χ1) is 11.4. The van der Waals surface area contributed by atoms with Crippen LogP contribution in [0.15, 0.2) is 48.8 Å². The Labute approximate surface area is 134 Å². The topological polar surface area (TPSA) is 47.0 Å². The fourth-order valence-electron chi connectivity index (χ4n) is 2.26. The summed E-state index contributed by atoms with van der Waals surface area (Å²) in [6.45, 7) is -0.0211. The minimum Gasteiger partial charge on any atom is -0.405 e. The summed E-state index contributed by atoms with van der Waals surface area (Å²) in [6, 6.07) is 10.1. The highest BCUT2D eigenvalue weighted by atomic mass is 19.4. The van der Waals surface area contributed by atoms with Gasteiger partial charge in [-0.1, -0.05) is 24.3 Å². The molecule has 0 saturated carbocycles. The molecule has 0 unspecified atom stereocenters. The van der Waals surface area contributed by atoms with Gasteiger partial charge in [-0.15, -0.1) is 13.2 Å². The van der Waals surface area contributed by atoms with Crippen LogP contribution in [-0.2, 0) is 6.54 Å². The first kappa shape index (κ1) is 16.0. The molecule has 0 aliphatic rings. The Bertz CT molecular complexity index is 862. The highest BCUT2D eigenvalue weighted by Crippen LogP contribution is 2.28. The highest BCUT2D eigenvalue weighted by Gasteiger charge is 2.31. The predicted octanol–water partition coefficient (Wildman–Crippen LogP) is 4.28. The van der Waals surface area contributed by atoms with E-state index in [2.05, 4.69) is 20.0 Å². The minimum atomic E-state index is -4.79. The Hall–Kier alpha value is -2.90. The quantitative estimate of drug-likeness (QED) is 0.722. The number of para-hydroxylation sites is 1. The van der Waals surface area contributed by atoms with Crippen LogP contribution in [0.5, 0.6) is 5.75 Å². The number of halogens is 4. The maximum absolute atomic E-state index is 14.0. The standard InChI is InChI=1S/C16H11F4N3O/c17-11-5-3-6-12-14(11)15(23-9-22-12)21-8-10-4-1-2-7-13(10)24-16(18,19)20/h1-7,9H,8H2,(H,21,22,23). The lowest BCUT2D eigenvalue weighted by atomic mass is 10.2. The molecule has 2 aromatic carbocycles. The van der Waals surface area contributed by atoms with Gasteiger partial charge in [-0.3, -0.25) is 0 Å². The number of fused-ring (bicyclic) bond motifs is 1. The Morgan fingerprint density at radius 3 is 2.58 bits per heavy atom. The fourth-order valence-corrected chi connectivity index (χ4v) is 2.26. The summed E-state index contributed by atoms with van der Waals surface area (Å²) in [5, 5.41) is 3.01. The normalized spacial score (nSPS) is 11.5. The smallest absolute Gasteiger partial charge is 0.405 e. The number of rotatable bonds is 4. The molecule has 0 atom stereocenters. The van der Waals surface area contributed by atoms with Crippen LogP contribution in [0.2, 0.25) is 0 Å². The monoisotopic (exact) mass is 337 g/mol. The van der Waals surface area contributed by atoms with E-state index in [0.717, 1.165) is 0 Å². The molecule has 1 heterocycles. The summed E-state index contributed by atoms with van der Waals surface area (Å²) in [7, 11) is 0. The summed E-state index contributed by atoms with van der Waals surface area (Å²) in [5.74, 6) is -0.647. The summed E-state index contributed by atoms with van der Waals surface area (Å²) in [6.07, 6.45) is -3.54. The van der Waals surface area contributed by atoms with Crippen molar-refractivity contribution >= 4 is 16.7 Å². The van der Waals surface area contributed by atoms with E-state index in [-0.39, 0.29) is 29.1 Å². The fraction of sp³-hybridized carbons (Fsp3) is 0.125. The molecule has 1 N–H and O–H groups in total. The van der Waals surface area contributed by atoms with E-state index in [1.165, 1.54) is 36.7 Å². The molecule has 0 radical (unpaired) electrons. The molecule has 3 aromatic rings. The number of nitrogens with zero attached hydrogens (tertiary/aromatic N) is 2. The minimum absolute atomic E-state index is 0.0211. The third kappa shape index (κ3) is 3.53. The zero-order valence-electron chi connectivity index (χ0n) is 12.1. The second-order valence-corrected chi connectivity index (χ2v) is 4.87. The number of hydrogen-bond donors (Lipinski definition) is 1. The number of alkyl halides is 3. The van der Waals surface area contributed by atoms with Crippen LogP contribution < -0.4 is 10.1 Å². The molecule has 0 saturated heterocycles. The third-order valence-corrected chi connectivity index (χ3v) is 3.26. The summed E-state index contributed by atoms with van der Waals surface area (Å²) in [5.41, 5.74) is 0.658. The SMILES string of the molecule is Fc1cccc2ncnc(NCc3ccccc3OC(F)(F)F)c12. The largest absolute Gasteiger partial charge is 0.573 e. The van der Waals surface area contributed by atoms with E-state index in [1.54, 1.807) is 12.1 Å². The maximum Gasteiger partial charge on any atom is 0.573 e. The Balaban J connectivity index is 1.87. The lowest BCUT2D eigenvalue weighted by molar-refractivity contribution is -0.274. The van der Waals surface area contributed by atoms with Gasteiger partial charge in [0.1, 0.15) is 23.7 Å². The lowest BCUT2D eigenvalue weighted by Crippen LogP contribution is -2.18. The van der Waals surface area contributed by atoms with Crippen LogP contribution >= 0.6 is 0 Å². The summed E-state index contributed by atoms with van der Waals surface area (Å²) in [4.78, 5) is 7.92. The van der Waals surface area contributed by atoms with Gasteiger partial charge < -0.3 is 10.1 Å². The van der Waals surface area contributed by atoms with Gasteiger partial charge in [0.05, 0.1) is 10.9 Å². The van der Waals surface area contributed by atoms with Crippen molar-refractivity contribution in [1.82, 2.24) is 9.97 Å². The first-order valence-corrected chi connectivity index (χ1v) is 6.91. The number of anilines is 1. The molecule has 3 rings (SSSR count). The van der Waals surface area contributed by atoms with E-state index >= 15 is 0 Å². The molecular weight excluding hydrogens is 326 g/mol. The maximum atomic E-state index is 14.0. The molecule has 0 fully saturated rings. The van der Waals surface area contributed by atoms with Gasteiger partial charge in [-0.2, -0.15) is 0 Å². The molecule has 0 amide bonds. The van der Waals surface area contributed by atoms with Crippen LogP contribution in [0.1, 0.15) is 5.56 Å². The average molecular weight is 337 g/mol.